The molecule has 0 radical (unpaired) electrons. The highest BCUT2D eigenvalue weighted by molar-refractivity contribution is 8.06. The fourth-order valence-electron chi connectivity index (χ4n) is 2.33. The maximum Gasteiger partial charge on any atom is 0.0746 e. The number of nitrogens with zero attached hydrogens (tertiary/aromatic N) is 1. The molecule has 2 heterocycles. The molecule has 0 bridgehead atoms. The molecule has 1 aromatic heterocycles. The van der Waals surface area contributed by atoms with Crippen LogP contribution in [0, 0.1) is 0 Å². The molecular formula is C15H18N2S2. The van der Waals surface area contributed by atoms with Crippen LogP contribution in [0.2, 0.25) is 0 Å². The molecule has 4 heteroatoms. The molecule has 2 nitrogen and oxygen atoms in total. The number of aromatic nitrogens is 1. The van der Waals surface area contributed by atoms with Crippen molar-refractivity contribution in [3.63, 3.8) is 0 Å². The Kier molecular flexibility index (Phi) is 4.64. The molecular weight excluding hydrogens is 272 g/mol. The van der Waals surface area contributed by atoms with Gasteiger partial charge >= 0.3 is 0 Å². The first-order valence-corrected chi connectivity index (χ1v) is 8.86. The predicted molar refractivity (Wildman–Crippen MR) is 87.0 cm³/mol. The summed E-state index contributed by atoms with van der Waals surface area (Å²) in [4.78, 5) is 4.50. The van der Waals surface area contributed by atoms with Crippen LogP contribution in [0.4, 0.5) is 0 Å². The summed E-state index contributed by atoms with van der Waals surface area (Å²) in [6.45, 7) is 2.01. The van der Waals surface area contributed by atoms with E-state index in [1.165, 1.54) is 28.2 Å². The van der Waals surface area contributed by atoms with Gasteiger partial charge in [0.2, 0.25) is 0 Å². The van der Waals surface area contributed by atoms with Gasteiger partial charge in [-0.1, -0.05) is 24.3 Å². The smallest absolute Gasteiger partial charge is 0.0746 e. The molecule has 1 aliphatic heterocycles. The number of rotatable bonds is 4. The summed E-state index contributed by atoms with van der Waals surface area (Å²) >= 11 is 4.18. The standard InChI is InChI=1S/C15H18N2S2/c1-3-12-5-2-6-17-15(12)13(4-1)9-16-10-14-11-18-7-8-19-14/h1-6,14,16H,7-11H2. The van der Waals surface area contributed by atoms with Gasteiger partial charge in [0.25, 0.3) is 0 Å². The van der Waals surface area contributed by atoms with E-state index in [2.05, 4.69) is 58.1 Å². The Morgan fingerprint density at radius 1 is 1.21 bits per heavy atom. The quantitative estimate of drug-likeness (QED) is 0.935. The van der Waals surface area contributed by atoms with Crippen LogP contribution >= 0.6 is 23.5 Å². The maximum atomic E-state index is 4.50. The van der Waals surface area contributed by atoms with E-state index < -0.39 is 0 Å². The van der Waals surface area contributed by atoms with Gasteiger partial charge in [-0.25, -0.2) is 0 Å². The van der Waals surface area contributed by atoms with Crippen molar-refractivity contribution >= 4 is 34.4 Å². The molecule has 0 amide bonds. The van der Waals surface area contributed by atoms with Gasteiger partial charge < -0.3 is 5.32 Å². The maximum absolute atomic E-state index is 4.50. The molecule has 1 atom stereocenters. The minimum atomic E-state index is 0.765. The van der Waals surface area contributed by atoms with Crippen LogP contribution < -0.4 is 5.32 Å². The van der Waals surface area contributed by atoms with Crippen LogP contribution in [-0.4, -0.2) is 34.0 Å². The Bertz CT molecular complexity index is 533. The van der Waals surface area contributed by atoms with E-state index >= 15 is 0 Å². The Morgan fingerprint density at radius 3 is 3.05 bits per heavy atom. The SMILES string of the molecule is c1cnc2c(CNCC3CSCCS3)cccc2c1. The number of hydrogen-bond acceptors (Lipinski definition) is 4. The van der Waals surface area contributed by atoms with E-state index in [0.29, 0.717) is 0 Å². The molecule has 19 heavy (non-hydrogen) atoms. The van der Waals surface area contributed by atoms with E-state index in [1.54, 1.807) is 0 Å². The van der Waals surface area contributed by atoms with E-state index in [1.807, 2.05) is 12.3 Å². The predicted octanol–water partition coefficient (Wildman–Crippen LogP) is 3.17. The Morgan fingerprint density at radius 2 is 2.16 bits per heavy atom. The van der Waals surface area contributed by atoms with Crippen molar-refractivity contribution < 1.29 is 0 Å². The van der Waals surface area contributed by atoms with Crippen LogP contribution in [0.15, 0.2) is 36.5 Å². The summed E-state index contributed by atoms with van der Waals surface area (Å²) in [5, 5.41) is 5.58. The molecule has 0 spiro atoms. The van der Waals surface area contributed by atoms with Gasteiger partial charge in [-0.3, -0.25) is 4.98 Å². The van der Waals surface area contributed by atoms with Gasteiger partial charge in [0.1, 0.15) is 0 Å². The second-order valence-electron chi connectivity index (χ2n) is 4.69. The summed E-state index contributed by atoms with van der Waals surface area (Å²) < 4.78 is 0. The lowest BCUT2D eigenvalue weighted by Crippen LogP contribution is -2.28. The fraction of sp³-hybridized carbons (Fsp3) is 0.400. The van der Waals surface area contributed by atoms with Crippen molar-refractivity contribution in [1.29, 1.82) is 0 Å². The number of fused-ring (bicyclic) bond motifs is 1. The lowest BCUT2D eigenvalue weighted by Gasteiger charge is -2.21. The average molecular weight is 290 g/mol. The number of para-hydroxylation sites is 1. The lowest BCUT2D eigenvalue weighted by molar-refractivity contribution is 0.688. The molecule has 0 saturated carbocycles. The van der Waals surface area contributed by atoms with Crippen molar-refractivity contribution in [2.45, 2.75) is 11.8 Å². The molecule has 3 rings (SSSR count). The number of nitrogens with one attached hydrogen (secondary N) is 1. The van der Waals surface area contributed by atoms with Crippen LogP contribution in [0.5, 0.6) is 0 Å². The van der Waals surface area contributed by atoms with Crippen LogP contribution in [0.1, 0.15) is 5.56 Å². The van der Waals surface area contributed by atoms with Crippen molar-refractivity contribution in [2.24, 2.45) is 0 Å². The molecule has 100 valence electrons. The highest BCUT2D eigenvalue weighted by Crippen LogP contribution is 2.23. The summed E-state index contributed by atoms with van der Waals surface area (Å²) in [5.41, 5.74) is 2.43. The zero-order chi connectivity index (χ0) is 12.9. The van der Waals surface area contributed by atoms with Crippen molar-refractivity contribution in [3.8, 4) is 0 Å². The molecule has 1 aromatic carbocycles. The second kappa shape index (κ2) is 6.64. The summed E-state index contributed by atoms with van der Waals surface area (Å²) in [6, 6.07) is 10.5. The largest absolute Gasteiger partial charge is 0.311 e. The van der Waals surface area contributed by atoms with Gasteiger partial charge in [-0.2, -0.15) is 23.5 Å². The van der Waals surface area contributed by atoms with Gasteiger partial charge in [-0.05, 0) is 11.6 Å². The zero-order valence-corrected chi connectivity index (χ0v) is 12.5. The molecule has 1 saturated heterocycles. The molecule has 1 unspecified atom stereocenters. The van der Waals surface area contributed by atoms with E-state index in [0.717, 1.165) is 23.9 Å². The van der Waals surface area contributed by atoms with Crippen molar-refractivity contribution in [2.75, 3.05) is 23.8 Å². The molecule has 0 aliphatic carbocycles. The highest BCUT2D eigenvalue weighted by Gasteiger charge is 2.13. The summed E-state index contributed by atoms with van der Waals surface area (Å²) in [7, 11) is 0. The van der Waals surface area contributed by atoms with Crippen molar-refractivity contribution in [1.82, 2.24) is 10.3 Å². The minimum absolute atomic E-state index is 0.765. The molecule has 2 aromatic rings. The lowest BCUT2D eigenvalue weighted by atomic mass is 10.1. The Balaban J connectivity index is 1.62. The zero-order valence-electron chi connectivity index (χ0n) is 10.8. The van der Waals surface area contributed by atoms with E-state index in [-0.39, 0.29) is 0 Å². The Labute approximate surface area is 122 Å². The summed E-state index contributed by atoms with van der Waals surface area (Å²) in [6.07, 6.45) is 1.87. The van der Waals surface area contributed by atoms with Gasteiger partial charge in [0.05, 0.1) is 5.52 Å². The molecule has 1 aliphatic rings. The van der Waals surface area contributed by atoms with Crippen molar-refractivity contribution in [3.05, 3.63) is 42.1 Å². The van der Waals surface area contributed by atoms with Gasteiger partial charge in [-0.15, -0.1) is 0 Å². The third-order valence-corrected chi connectivity index (χ3v) is 6.13. The third-order valence-electron chi connectivity index (χ3n) is 3.29. The third kappa shape index (κ3) is 3.44. The van der Waals surface area contributed by atoms with Crippen LogP contribution in [-0.2, 0) is 6.54 Å². The highest BCUT2D eigenvalue weighted by atomic mass is 32.2. The van der Waals surface area contributed by atoms with Gasteiger partial charge in [0.15, 0.2) is 0 Å². The van der Waals surface area contributed by atoms with E-state index in [4.69, 9.17) is 0 Å². The first-order valence-electron chi connectivity index (χ1n) is 6.66. The molecule has 1 fully saturated rings. The van der Waals surface area contributed by atoms with Crippen LogP contribution in [0.25, 0.3) is 10.9 Å². The average Bonchev–Trinajstić information content (AvgIpc) is 2.49. The first-order chi connectivity index (χ1) is 9.43. The van der Waals surface area contributed by atoms with Crippen LogP contribution in [0.3, 0.4) is 0 Å². The Hall–Kier alpha value is -0.710. The minimum Gasteiger partial charge on any atom is -0.311 e. The topological polar surface area (TPSA) is 24.9 Å². The fourth-order valence-corrected chi connectivity index (χ4v) is 4.98. The monoisotopic (exact) mass is 290 g/mol. The first kappa shape index (κ1) is 13.3. The molecule has 1 N–H and O–H groups in total. The normalized spacial score (nSPS) is 19.7. The number of thioether (sulfide) groups is 2. The number of benzene rings is 1. The second-order valence-corrected chi connectivity index (χ2v) is 7.25. The van der Waals surface area contributed by atoms with Gasteiger partial charge in [0, 0.05) is 47.2 Å². The number of pyridine rings is 1. The summed E-state index contributed by atoms with van der Waals surface area (Å²) in [5.74, 6) is 3.90. The number of hydrogen-bond donors (Lipinski definition) is 1. The van der Waals surface area contributed by atoms with E-state index in [9.17, 15) is 0 Å².